The maximum atomic E-state index is 13.2. The van der Waals surface area contributed by atoms with Gasteiger partial charge in [-0.05, 0) is 56.2 Å². The van der Waals surface area contributed by atoms with Crippen LogP contribution >= 0.6 is 23.2 Å². The van der Waals surface area contributed by atoms with Gasteiger partial charge in [-0.3, -0.25) is 9.59 Å². The smallest absolute Gasteiger partial charge is 0.257 e. The predicted octanol–water partition coefficient (Wildman–Crippen LogP) is 4.29. The van der Waals surface area contributed by atoms with Crippen molar-refractivity contribution in [1.29, 1.82) is 0 Å². The molecule has 2 amide bonds. The standard InChI is InChI=1S/C20H27Cl2N3O2/c1-14-7-11-24(12-8-14)17-6-5-15(23-19(26)18(21)22)13-16(17)20(27)25-9-3-2-4-10-25/h5-6,13-14,18H,2-4,7-12H2,1H3,(H,23,26). The minimum atomic E-state index is -1.14. The van der Waals surface area contributed by atoms with Crippen molar-refractivity contribution in [3.8, 4) is 0 Å². The molecule has 2 fully saturated rings. The Morgan fingerprint density at radius 3 is 2.37 bits per heavy atom. The average Bonchev–Trinajstić information content (AvgIpc) is 2.68. The second-order valence-corrected chi connectivity index (χ2v) is 8.64. The summed E-state index contributed by atoms with van der Waals surface area (Å²) < 4.78 is 0. The fourth-order valence-corrected chi connectivity index (χ4v) is 3.88. The third-order valence-electron chi connectivity index (χ3n) is 5.46. The number of piperidine rings is 2. The number of hydrogen-bond donors (Lipinski definition) is 1. The van der Waals surface area contributed by atoms with E-state index < -0.39 is 10.7 Å². The molecule has 7 heteroatoms. The Kier molecular flexibility index (Phi) is 6.88. The highest BCUT2D eigenvalue weighted by Crippen LogP contribution is 2.30. The molecule has 0 bridgehead atoms. The summed E-state index contributed by atoms with van der Waals surface area (Å²) >= 11 is 11.3. The van der Waals surface area contributed by atoms with E-state index in [-0.39, 0.29) is 5.91 Å². The van der Waals surface area contributed by atoms with E-state index in [1.54, 1.807) is 6.07 Å². The topological polar surface area (TPSA) is 52.7 Å². The minimum Gasteiger partial charge on any atom is -0.371 e. The number of rotatable bonds is 4. The first-order valence-corrected chi connectivity index (χ1v) is 10.6. The van der Waals surface area contributed by atoms with Gasteiger partial charge in [0.25, 0.3) is 11.8 Å². The van der Waals surface area contributed by atoms with Gasteiger partial charge in [-0.1, -0.05) is 30.1 Å². The summed E-state index contributed by atoms with van der Waals surface area (Å²) in [6, 6.07) is 5.51. The van der Waals surface area contributed by atoms with Crippen LogP contribution in [0.25, 0.3) is 0 Å². The molecule has 27 heavy (non-hydrogen) atoms. The van der Waals surface area contributed by atoms with Gasteiger partial charge < -0.3 is 15.1 Å². The van der Waals surface area contributed by atoms with Crippen molar-refractivity contribution in [1.82, 2.24) is 4.90 Å². The number of nitrogens with one attached hydrogen (secondary N) is 1. The molecule has 0 radical (unpaired) electrons. The Balaban J connectivity index is 1.89. The van der Waals surface area contributed by atoms with Gasteiger partial charge in [0.05, 0.1) is 5.56 Å². The number of carbonyl (C=O) groups is 2. The fraction of sp³-hybridized carbons (Fsp3) is 0.600. The summed E-state index contributed by atoms with van der Waals surface area (Å²) in [5, 5.41) is 2.68. The van der Waals surface area contributed by atoms with Crippen molar-refractivity contribution >= 4 is 46.4 Å². The SMILES string of the molecule is CC1CCN(c2ccc(NC(=O)C(Cl)Cl)cc2C(=O)N2CCCCC2)CC1. The highest BCUT2D eigenvalue weighted by atomic mass is 35.5. The second kappa shape index (κ2) is 9.16. The Morgan fingerprint density at radius 2 is 1.74 bits per heavy atom. The van der Waals surface area contributed by atoms with Crippen LogP contribution in [0.4, 0.5) is 11.4 Å². The molecule has 0 spiro atoms. The molecule has 1 N–H and O–H groups in total. The number of nitrogens with zero attached hydrogens (tertiary/aromatic N) is 2. The number of amides is 2. The van der Waals surface area contributed by atoms with Crippen LogP contribution < -0.4 is 10.2 Å². The van der Waals surface area contributed by atoms with Crippen molar-refractivity contribution in [2.45, 2.75) is 43.9 Å². The van der Waals surface area contributed by atoms with E-state index in [0.717, 1.165) is 57.5 Å². The number of anilines is 2. The second-order valence-electron chi connectivity index (χ2n) is 7.54. The number of alkyl halides is 2. The number of hydrogen-bond acceptors (Lipinski definition) is 3. The fourth-order valence-electron chi connectivity index (χ4n) is 3.77. The van der Waals surface area contributed by atoms with Crippen LogP contribution in [0.3, 0.4) is 0 Å². The molecule has 0 aliphatic carbocycles. The minimum absolute atomic E-state index is 0.0349. The van der Waals surface area contributed by atoms with Gasteiger partial charge in [0.15, 0.2) is 4.84 Å². The predicted molar refractivity (Wildman–Crippen MR) is 111 cm³/mol. The van der Waals surface area contributed by atoms with Crippen LogP contribution in [0.1, 0.15) is 49.4 Å². The molecule has 0 aromatic heterocycles. The maximum absolute atomic E-state index is 13.2. The van der Waals surface area contributed by atoms with E-state index in [1.807, 2.05) is 17.0 Å². The molecule has 2 heterocycles. The summed E-state index contributed by atoms with van der Waals surface area (Å²) in [5.74, 6) is 0.257. The van der Waals surface area contributed by atoms with Crippen molar-refractivity contribution in [3.63, 3.8) is 0 Å². The summed E-state index contributed by atoms with van der Waals surface area (Å²) in [6.07, 6.45) is 5.49. The molecule has 3 rings (SSSR count). The van der Waals surface area contributed by atoms with Crippen LogP contribution in [-0.4, -0.2) is 47.7 Å². The third-order valence-corrected chi connectivity index (χ3v) is 5.86. The Bertz CT molecular complexity index is 682. The van der Waals surface area contributed by atoms with Gasteiger partial charge >= 0.3 is 0 Å². The van der Waals surface area contributed by atoms with Crippen LogP contribution in [-0.2, 0) is 4.79 Å². The zero-order valence-electron chi connectivity index (χ0n) is 15.7. The molecule has 1 aromatic carbocycles. The first-order chi connectivity index (χ1) is 13.0. The van der Waals surface area contributed by atoms with E-state index in [0.29, 0.717) is 17.2 Å². The van der Waals surface area contributed by atoms with Crippen molar-refractivity contribution < 1.29 is 9.59 Å². The molecule has 1 aromatic rings. The zero-order chi connectivity index (χ0) is 19.4. The van der Waals surface area contributed by atoms with Gasteiger partial charge in [0.2, 0.25) is 0 Å². The molecule has 5 nitrogen and oxygen atoms in total. The lowest BCUT2D eigenvalue weighted by molar-refractivity contribution is -0.114. The molecule has 0 unspecified atom stereocenters. The monoisotopic (exact) mass is 411 g/mol. The lowest BCUT2D eigenvalue weighted by Gasteiger charge is -2.35. The lowest BCUT2D eigenvalue weighted by atomic mass is 9.97. The molecule has 148 valence electrons. The van der Waals surface area contributed by atoms with Crippen LogP contribution in [0.5, 0.6) is 0 Å². The van der Waals surface area contributed by atoms with Gasteiger partial charge in [0, 0.05) is 37.6 Å². The quantitative estimate of drug-likeness (QED) is 0.751. The van der Waals surface area contributed by atoms with E-state index in [2.05, 4.69) is 17.1 Å². The van der Waals surface area contributed by atoms with Crippen molar-refractivity contribution in [2.24, 2.45) is 5.92 Å². The van der Waals surface area contributed by atoms with E-state index >= 15 is 0 Å². The summed E-state index contributed by atoms with van der Waals surface area (Å²) in [6.45, 7) is 5.73. The molecule has 2 aliphatic rings. The number of carbonyl (C=O) groups excluding carboxylic acids is 2. The van der Waals surface area contributed by atoms with Crippen LogP contribution in [0, 0.1) is 5.92 Å². The summed E-state index contributed by atoms with van der Waals surface area (Å²) in [4.78, 5) is 28.1. The highest BCUT2D eigenvalue weighted by molar-refractivity contribution is 6.54. The first-order valence-electron chi connectivity index (χ1n) is 9.73. The molecule has 2 saturated heterocycles. The van der Waals surface area contributed by atoms with E-state index in [1.165, 1.54) is 6.42 Å². The summed E-state index contributed by atoms with van der Waals surface area (Å²) in [7, 11) is 0. The molecule has 0 saturated carbocycles. The third kappa shape index (κ3) is 5.08. The number of halogens is 2. The summed E-state index contributed by atoms with van der Waals surface area (Å²) in [5.41, 5.74) is 2.13. The van der Waals surface area contributed by atoms with Gasteiger partial charge in [0.1, 0.15) is 0 Å². The lowest BCUT2D eigenvalue weighted by Crippen LogP contribution is -2.38. The molecular formula is C20H27Cl2N3O2. The zero-order valence-corrected chi connectivity index (χ0v) is 17.2. The van der Waals surface area contributed by atoms with E-state index in [9.17, 15) is 9.59 Å². The normalized spacial score (nSPS) is 18.7. The molecule has 2 aliphatic heterocycles. The Hall–Kier alpha value is -1.46. The maximum Gasteiger partial charge on any atom is 0.257 e. The molecule has 0 atom stereocenters. The van der Waals surface area contributed by atoms with Crippen molar-refractivity contribution in [2.75, 3.05) is 36.4 Å². The number of likely N-dealkylation sites (tertiary alicyclic amines) is 1. The van der Waals surface area contributed by atoms with Gasteiger partial charge in [-0.25, -0.2) is 0 Å². The van der Waals surface area contributed by atoms with Crippen LogP contribution in [0.2, 0.25) is 0 Å². The number of benzene rings is 1. The van der Waals surface area contributed by atoms with Gasteiger partial charge in [-0.2, -0.15) is 0 Å². The highest BCUT2D eigenvalue weighted by Gasteiger charge is 2.26. The largest absolute Gasteiger partial charge is 0.371 e. The average molecular weight is 412 g/mol. The first kappa shape index (κ1) is 20.3. The Morgan fingerprint density at radius 1 is 1.07 bits per heavy atom. The van der Waals surface area contributed by atoms with Crippen molar-refractivity contribution in [3.05, 3.63) is 23.8 Å². The van der Waals surface area contributed by atoms with Crippen LogP contribution in [0.15, 0.2) is 18.2 Å². The Labute approximate surface area is 171 Å². The van der Waals surface area contributed by atoms with Gasteiger partial charge in [-0.15, -0.1) is 0 Å². The molecular weight excluding hydrogens is 385 g/mol. The van der Waals surface area contributed by atoms with E-state index in [4.69, 9.17) is 23.2 Å².